The van der Waals surface area contributed by atoms with Crippen LogP contribution in [0.15, 0.2) is 84.9 Å². The van der Waals surface area contributed by atoms with E-state index in [1.54, 1.807) is 7.11 Å². The van der Waals surface area contributed by atoms with Gasteiger partial charge in [-0.1, -0.05) is 85.6 Å². The number of carbonyl (C=O) groups is 1. The Kier molecular flexibility index (Phi) is 10.6. The number of amides is 1. The SMILES string of the molecule is COc1ccc(CN(CC(O)[C@H](Cc2ccccc2)NC(=O)OCc2ccccc2)OC2CCCC2)cc1. The number of benzene rings is 3. The minimum atomic E-state index is -0.890. The maximum Gasteiger partial charge on any atom is 0.407 e. The molecule has 0 bridgehead atoms. The summed E-state index contributed by atoms with van der Waals surface area (Å²) in [6, 6.07) is 26.6. The Hall–Kier alpha value is -3.39. The second-order valence-corrected chi connectivity index (χ2v) is 9.75. The van der Waals surface area contributed by atoms with E-state index in [4.69, 9.17) is 14.3 Å². The third-order valence-electron chi connectivity index (χ3n) is 6.79. The summed E-state index contributed by atoms with van der Waals surface area (Å²) in [4.78, 5) is 19.1. The fraction of sp³-hybridized carbons (Fsp3) is 0.387. The van der Waals surface area contributed by atoms with Gasteiger partial charge in [0.25, 0.3) is 0 Å². The van der Waals surface area contributed by atoms with Gasteiger partial charge in [0.15, 0.2) is 0 Å². The highest BCUT2D eigenvalue weighted by atomic mass is 16.7. The molecule has 1 unspecified atom stereocenters. The Morgan fingerprint density at radius 2 is 1.55 bits per heavy atom. The Morgan fingerprint density at radius 1 is 0.921 bits per heavy atom. The summed E-state index contributed by atoms with van der Waals surface area (Å²) in [7, 11) is 1.64. The number of ether oxygens (including phenoxy) is 2. The smallest absolute Gasteiger partial charge is 0.407 e. The Bertz CT molecular complexity index is 1090. The Morgan fingerprint density at radius 3 is 2.18 bits per heavy atom. The van der Waals surface area contributed by atoms with Crippen LogP contribution < -0.4 is 10.1 Å². The Labute approximate surface area is 225 Å². The van der Waals surface area contributed by atoms with Gasteiger partial charge in [-0.15, -0.1) is 0 Å². The quantitative estimate of drug-likeness (QED) is 0.300. The van der Waals surface area contributed by atoms with Gasteiger partial charge >= 0.3 is 6.09 Å². The number of hydroxylamine groups is 2. The van der Waals surface area contributed by atoms with E-state index in [0.29, 0.717) is 13.0 Å². The number of alkyl carbamates (subject to hydrolysis) is 1. The molecule has 2 N–H and O–H groups in total. The van der Waals surface area contributed by atoms with Gasteiger partial charge in [0.1, 0.15) is 12.4 Å². The number of nitrogens with zero attached hydrogens (tertiary/aromatic N) is 1. The summed E-state index contributed by atoms with van der Waals surface area (Å²) < 4.78 is 10.7. The van der Waals surface area contributed by atoms with Crippen molar-refractivity contribution < 1.29 is 24.2 Å². The first kappa shape index (κ1) is 27.6. The molecule has 1 saturated carbocycles. The van der Waals surface area contributed by atoms with Gasteiger partial charge < -0.3 is 19.9 Å². The molecule has 7 nitrogen and oxygen atoms in total. The zero-order valence-electron chi connectivity index (χ0n) is 22.0. The molecule has 0 heterocycles. The van der Waals surface area contributed by atoms with Crippen LogP contribution in [0.5, 0.6) is 5.75 Å². The molecule has 4 rings (SSSR count). The predicted molar refractivity (Wildman–Crippen MR) is 146 cm³/mol. The van der Waals surface area contributed by atoms with E-state index in [1.807, 2.05) is 90.0 Å². The third-order valence-corrected chi connectivity index (χ3v) is 6.79. The van der Waals surface area contributed by atoms with Crippen LogP contribution in [-0.2, 0) is 29.1 Å². The van der Waals surface area contributed by atoms with Crippen LogP contribution in [0.2, 0.25) is 0 Å². The van der Waals surface area contributed by atoms with Gasteiger partial charge in [-0.2, -0.15) is 5.06 Å². The fourth-order valence-electron chi connectivity index (χ4n) is 4.69. The molecule has 1 fully saturated rings. The van der Waals surface area contributed by atoms with E-state index in [2.05, 4.69) is 5.32 Å². The molecule has 7 heteroatoms. The summed E-state index contributed by atoms with van der Waals surface area (Å²) in [5, 5.41) is 16.1. The number of aliphatic hydroxyl groups excluding tert-OH is 1. The molecular weight excluding hydrogens is 480 g/mol. The van der Waals surface area contributed by atoms with Crippen molar-refractivity contribution >= 4 is 6.09 Å². The lowest BCUT2D eigenvalue weighted by molar-refractivity contribution is -0.214. The van der Waals surface area contributed by atoms with Crippen molar-refractivity contribution in [2.45, 2.75) is 63.5 Å². The molecule has 1 amide bonds. The van der Waals surface area contributed by atoms with Gasteiger partial charge in [-0.25, -0.2) is 4.79 Å². The molecular formula is C31H38N2O5. The van der Waals surface area contributed by atoms with Crippen LogP contribution in [0, 0.1) is 0 Å². The molecule has 1 aliphatic carbocycles. The summed E-state index contributed by atoms with van der Waals surface area (Å²) in [6.45, 7) is 0.905. The van der Waals surface area contributed by atoms with E-state index in [0.717, 1.165) is 48.1 Å². The standard InChI is InChI=1S/C31H38N2O5/c1-36-27-18-16-25(17-19-27)21-33(38-28-14-8-9-15-28)22-30(34)29(20-24-10-4-2-5-11-24)32-31(35)37-23-26-12-6-3-7-13-26/h2-7,10-13,16-19,28-30,34H,8-9,14-15,20-23H2,1H3,(H,32,35)/t29-,30?/m0/s1. The normalized spacial score (nSPS) is 15.2. The summed E-state index contributed by atoms with van der Waals surface area (Å²) >= 11 is 0. The number of nitrogens with one attached hydrogen (secondary N) is 1. The van der Waals surface area contributed by atoms with Gasteiger partial charge in [0, 0.05) is 6.54 Å². The topological polar surface area (TPSA) is 80.3 Å². The fourth-order valence-corrected chi connectivity index (χ4v) is 4.69. The number of methoxy groups -OCH3 is 1. The van der Waals surface area contributed by atoms with Crippen LogP contribution >= 0.6 is 0 Å². The Balaban J connectivity index is 1.44. The molecule has 0 saturated heterocycles. The number of hydrogen-bond donors (Lipinski definition) is 2. The van der Waals surface area contributed by atoms with Crippen molar-refractivity contribution in [3.8, 4) is 5.75 Å². The van der Waals surface area contributed by atoms with Crippen LogP contribution in [0.25, 0.3) is 0 Å². The molecule has 202 valence electrons. The lowest BCUT2D eigenvalue weighted by Crippen LogP contribution is -2.50. The second kappa shape index (κ2) is 14.5. The monoisotopic (exact) mass is 518 g/mol. The zero-order valence-corrected chi connectivity index (χ0v) is 22.0. The van der Waals surface area contributed by atoms with Gasteiger partial charge in [0.2, 0.25) is 0 Å². The van der Waals surface area contributed by atoms with Gasteiger partial charge in [0.05, 0.1) is 31.9 Å². The van der Waals surface area contributed by atoms with Crippen molar-refractivity contribution in [2.75, 3.05) is 13.7 Å². The first-order chi connectivity index (χ1) is 18.6. The molecule has 2 atom stereocenters. The number of rotatable bonds is 13. The van der Waals surface area contributed by atoms with E-state index in [9.17, 15) is 9.90 Å². The zero-order chi connectivity index (χ0) is 26.6. The van der Waals surface area contributed by atoms with Gasteiger partial charge in [-0.3, -0.25) is 4.84 Å². The highest BCUT2D eigenvalue weighted by Crippen LogP contribution is 2.24. The van der Waals surface area contributed by atoms with Crippen LogP contribution in [0.4, 0.5) is 4.79 Å². The maximum atomic E-state index is 12.7. The molecule has 1 aliphatic rings. The average molecular weight is 519 g/mol. The summed E-state index contributed by atoms with van der Waals surface area (Å²) in [5.74, 6) is 0.790. The molecule has 3 aromatic rings. The first-order valence-electron chi connectivity index (χ1n) is 13.3. The third kappa shape index (κ3) is 8.87. The summed E-state index contributed by atoms with van der Waals surface area (Å²) in [6.07, 6.45) is 3.45. The lowest BCUT2D eigenvalue weighted by atomic mass is 10.0. The molecule has 0 spiro atoms. The minimum absolute atomic E-state index is 0.136. The van der Waals surface area contributed by atoms with Crippen molar-refractivity contribution in [3.63, 3.8) is 0 Å². The first-order valence-corrected chi connectivity index (χ1v) is 13.3. The van der Waals surface area contributed by atoms with E-state index >= 15 is 0 Å². The van der Waals surface area contributed by atoms with E-state index in [1.165, 1.54) is 0 Å². The summed E-state index contributed by atoms with van der Waals surface area (Å²) in [5.41, 5.74) is 2.96. The van der Waals surface area contributed by atoms with Gasteiger partial charge in [-0.05, 0) is 48.1 Å². The molecule has 38 heavy (non-hydrogen) atoms. The largest absolute Gasteiger partial charge is 0.497 e. The highest BCUT2D eigenvalue weighted by Gasteiger charge is 2.27. The van der Waals surface area contributed by atoms with Crippen LogP contribution in [0.3, 0.4) is 0 Å². The van der Waals surface area contributed by atoms with Crippen molar-refractivity contribution in [3.05, 3.63) is 102 Å². The minimum Gasteiger partial charge on any atom is -0.497 e. The van der Waals surface area contributed by atoms with Crippen molar-refractivity contribution in [1.82, 2.24) is 10.4 Å². The molecule has 0 aliphatic heterocycles. The second-order valence-electron chi connectivity index (χ2n) is 9.75. The van der Waals surface area contributed by atoms with Crippen LogP contribution in [0.1, 0.15) is 42.4 Å². The maximum absolute atomic E-state index is 12.7. The average Bonchev–Trinajstić information content (AvgIpc) is 3.46. The number of aliphatic hydroxyl groups is 1. The predicted octanol–water partition coefficient (Wildman–Crippen LogP) is 5.27. The lowest BCUT2D eigenvalue weighted by Gasteiger charge is -2.31. The number of carbonyl (C=O) groups excluding carboxylic acids is 1. The van der Waals surface area contributed by atoms with Crippen molar-refractivity contribution in [2.24, 2.45) is 0 Å². The highest BCUT2D eigenvalue weighted by molar-refractivity contribution is 5.67. The molecule has 3 aromatic carbocycles. The van der Waals surface area contributed by atoms with Crippen LogP contribution in [-0.4, -0.2) is 48.2 Å². The molecule has 0 radical (unpaired) electrons. The van der Waals surface area contributed by atoms with Crippen molar-refractivity contribution in [1.29, 1.82) is 0 Å². The molecule has 0 aromatic heterocycles. The van der Waals surface area contributed by atoms with E-state index in [-0.39, 0.29) is 19.3 Å². The van der Waals surface area contributed by atoms with E-state index < -0.39 is 18.2 Å². The number of hydrogen-bond acceptors (Lipinski definition) is 6.